The van der Waals surface area contributed by atoms with Gasteiger partial charge in [-0.25, -0.2) is 9.97 Å². The number of hydrogen-bond donors (Lipinski definition) is 1. The van der Waals surface area contributed by atoms with E-state index in [9.17, 15) is 0 Å². The van der Waals surface area contributed by atoms with Crippen LogP contribution in [0.5, 0.6) is 0 Å². The number of halogens is 4. The van der Waals surface area contributed by atoms with Gasteiger partial charge in [-0.1, -0.05) is 34.8 Å². The van der Waals surface area contributed by atoms with E-state index in [0.29, 0.717) is 27.3 Å². The molecule has 0 saturated carbocycles. The predicted molar refractivity (Wildman–Crippen MR) is 89.5 cm³/mol. The molecular weight excluding hydrogens is 398 g/mol. The third-order valence-corrected chi connectivity index (χ3v) is 4.12. The molecule has 0 fully saturated rings. The highest BCUT2D eigenvalue weighted by atomic mass is 79.9. The van der Waals surface area contributed by atoms with E-state index in [1.54, 1.807) is 24.5 Å². The molecule has 1 aromatic carbocycles. The predicted octanol–water partition coefficient (Wildman–Crippen LogP) is 5.06. The summed E-state index contributed by atoms with van der Waals surface area (Å²) in [5.74, 6) is 0. The fraction of sp³-hybridized carbons (Fsp3) is 0.0769. The summed E-state index contributed by atoms with van der Waals surface area (Å²) in [5.41, 5.74) is 2.37. The van der Waals surface area contributed by atoms with Crippen molar-refractivity contribution in [2.24, 2.45) is 0 Å². The Morgan fingerprint density at radius 1 is 1.10 bits per heavy atom. The van der Waals surface area contributed by atoms with Crippen LogP contribution in [0.1, 0.15) is 5.69 Å². The molecule has 0 saturated heterocycles. The third kappa shape index (κ3) is 3.11. The molecule has 1 N–H and O–H groups in total. The molecule has 8 heteroatoms. The summed E-state index contributed by atoms with van der Waals surface area (Å²) in [5, 5.41) is 4.66. The molecule has 0 atom stereocenters. The van der Waals surface area contributed by atoms with E-state index in [-0.39, 0.29) is 0 Å². The molecule has 0 bridgehead atoms. The van der Waals surface area contributed by atoms with Gasteiger partial charge in [0.2, 0.25) is 0 Å². The minimum absolute atomic E-state index is 0.476. The number of nitrogens with one attached hydrogen (secondary N) is 1. The van der Waals surface area contributed by atoms with Crippen molar-refractivity contribution in [1.82, 2.24) is 14.4 Å². The normalized spacial score (nSPS) is 11.0. The van der Waals surface area contributed by atoms with Crippen molar-refractivity contribution in [2.75, 3.05) is 5.32 Å². The lowest BCUT2D eigenvalue weighted by molar-refractivity contribution is 0.983. The Morgan fingerprint density at radius 2 is 1.81 bits per heavy atom. The average Bonchev–Trinajstić information content (AvgIpc) is 2.80. The standard InChI is InChI=1S/C13H8BrCl3N4/c14-11-6-21-8(3-19-12(21)5-18-11)4-20-13-9(16)1-7(15)2-10(13)17/h1-3,5-6,20H,4H2. The summed E-state index contributed by atoms with van der Waals surface area (Å²) >= 11 is 21.5. The van der Waals surface area contributed by atoms with E-state index in [1.165, 1.54) is 0 Å². The zero-order valence-electron chi connectivity index (χ0n) is 10.4. The number of fused-ring (bicyclic) bond motifs is 1. The van der Waals surface area contributed by atoms with E-state index in [4.69, 9.17) is 34.8 Å². The minimum Gasteiger partial charge on any atom is -0.377 e. The Labute approximate surface area is 144 Å². The molecule has 2 aromatic heterocycles. The Bertz CT molecular complexity index is 795. The first kappa shape index (κ1) is 14.9. The number of aromatic nitrogens is 3. The summed E-state index contributed by atoms with van der Waals surface area (Å²) in [6, 6.07) is 3.29. The number of imidazole rings is 1. The quantitative estimate of drug-likeness (QED) is 0.661. The molecule has 0 aliphatic heterocycles. The summed E-state index contributed by atoms with van der Waals surface area (Å²) in [6.07, 6.45) is 5.31. The van der Waals surface area contributed by atoms with Crippen molar-refractivity contribution in [3.63, 3.8) is 0 Å². The van der Waals surface area contributed by atoms with Crippen molar-refractivity contribution < 1.29 is 0 Å². The number of benzene rings is 1. The van der Waals surface area contributed by atoms with E-state index >= 15 is 0 Å². The van der Waals surface area contributed by atoms with Gasteiger partial charge in [-0.05, 0) is 28.1 Å². The van der Waals surface area contributed by atoms with Gasteiger partial charge in [-0.3, -0.25) is 4.40 Å². The average molecular weight is 406 g/mol. The van der Waals surface area contributed by atoms with E-state index in [2.05, 4.69) is 31.2 Å². The lowest BCUT2D eigenvalue weighted by Gasteiger charge is -2.10. The van der Waals surface area contributed by atoms with Gasteiger partial charge in [0.1, 0.15) is 4.60 Å². The summed E-state index contributed by atoms with van der Waals surface area (Å²) in [7, 11) is 0. The molecule has 0 spiro atoms. The molecule has 3 aromatic rings. The Kier molecular flexibility index (Phi) is 4.26. The van der Waals surface area contributed by atoms with Crippen molar-refractivity contribution >= 4 is 62.1 Å². The lowest BCUT2D eigenvalue weighted by atomic mass is 10.3. The maximum Gasteiger partial charge on any atom is 0.155 e. The highest BCUT2D eigenvalue weighted by molar-refractivity contribution is 9.10. The largest absolute Gasteiger partial charge is 0.377 e. The van der Waals surface area contributed by atoms with E-state index in [1.807, 2.05) is 10.6 Å². The topological polar surface area (TPSA) is 42.2 Å². The molecule has 0 aliphatic carbocycles. The fourth-order valence-corrected chi connectivity index (χ4v) is 3.19. The maximum absolute atomic E-state index is 6.15. The van der Waals surface area contributed by atoms with Crippen molar-refractivity contribution in [3.8, 4) is 0 Å². The smallest absolute Gasteiger partial charge is 0.155 e. The Morgan fingerprint density at radius 3 is 2.52 bits per heavy atom. The van der Waals surface area contributed by atoms with Crippen LogP contribution < -0.4 is 5.32 Å². The highest BCUT2D eigenvalue weighted by Crippen LogP contribution is 2.33. The minimum atomic E-state index is 0.476. The van der Waals surface area contributed by atoms with Crippen LogP contribution in [0.2, 0.25) is 15.1 Å². The van der Waals surface area contributed by atoms with Gasteiger partial charge in [0.05, 0.1) is 40.4 Å². The van der Waals surface area contributed by atoms with Crippen LogP contribution in [0.15, 0.2) is 35.3 Å². The number of nitrogens with zero attached hydrogens (tertiary/aromatic N) is 3. The molecule has 0 radical (unpaired) electrons. The second-order valence-corrected chi connectivity index (χ2v) is 6.35. The molecule has 2 heterocycles. The fourth-order valence-electron chi connectivity index (χ4n) is 1.94. The first-order valence-corrected chi connectivity index (χ1v) is 7.83. The first-order valence-electron chi connectivity index (χ1n) is 5.90. The summed E-state index contributed by atoms with van der Waals surface area (Å²) in [6.45, 7) is 0.513. The van der Waals surface area contributed by atoms with Gasteiger partial charge in [0.15, 0.2) is 5.65 Å². The number of hydrogen-bond acceptors (Lipinski definition) is 3. The zero-order chi connectivity index (χ0) is 15.0. The molecule has 3 rings (SSSR count). The molecule has 21 heavy (non-hydrogen) atoms. The molecule has 0 amide bonds. The van der Waals surface area contributed by atoms with Crippen LogP contribution in [-0.2, 0) is 6.54 Å². The Balaban J connectivity index is 1.89. The highest BCUT2D eigenvalue weighted by Gasteiger charge is 2.09. The maximum atomic E-state index is 6.15. The van der Waals surface area contributed by atoms with Crippen LogP contribution in [0.4, 0.5) is 5.69 Å². The zero-order valence-corrected chi connectivity index (χ0v) is 14.3. The van der Waals surface area contributed by atoms with Gasteiger partial charge in [0.25, 0.3) is 0 Å². The van der Waals surface area contributed by atoms with Crippen LogP contribution in [0.25, 0.3) is 5.65 Å². The van der Waals surface area contributed by atoms with Gasteiger partial charge >= 0.3 is 0 Å². The van der Waals surface area contributed by atoms with Crippen LogP contribution in [-0.4, -0.2) is 14.4 Å². The SMILES string of the molecule is Clc1cc(Cl)c(NCc2cnc3cnc(Br)cn23)c(Cl)c1. The van der Waals surface area contributed by atoms with Crippen LogP contribution in [0, 0.1) is 0 Å². The van der Waals surface area contributed by atoms with E-state index in [0.717, 1.165) is 15.9 Å². The monoisotopic (exact) mass is 404 g/mol. The van der Waals surface area contributed by atoms with Crippen molar-refractivity contribution in [2.45, 2.75) is 6.54 Å². The Hall–Kier alpha value is -1.01. The van der Waals surface area contributed by atoms with Crippen LogP contribution >= 0.6 is 50.7 Å². The van der Waals surface area contributed by atoms with Crippen LogP contribution in [0.3, 0.4) is 0 Å². The number of anilines is 1. The summed E-state index contributed by atoms with van der Waals surface area (Å²) in [4.78, 5) is 8.42. The second-order valence-electron chi connectivity index (χ2n) is 4.29. The van der Waals surface area contributed by atoms with Crippen molar-refractivity contribution in [1.29, 1.82) is 0 Å². The lowest BCUT2D eigenvalue weighted by Crippen LogP contribution is -2.04. The van der Waals surface area contributed by atoms with Gasteiger partial charge in [-0.15, -0.1) is 0 Å². The molecule has 108 valence electrons. The molecular formula is C13H8BrCl3N4. The number of rotatable bonds is 3. The first-order chi connectivity index (χ1) is 10.0. The van der Waals surface area contributed by atoms with Gasteiger partial charge in [-0.2, -0.15) is 0 Å². The molecule has 0 aliphatic rings. The second kappa shape index (κ2) is 6.01. The molecule has 0 unspecified atom stereocenters. The van der Waals surface area contributed by atoms with Gasteiger partial charge in [0, 0.05) is 11.2 Å². The summed E-state index contributed by atoms with van der Waals surface area (Å²) < 4.78 is 2.67. The van der Waals surface area contributed by atoms with Gasteiger partial charge < -0.3 is 5.32 Å². The van der Waals surface area contributed by atoms with E-state index < -0.39 is 0 Å². The third-order valence-electron chi connectivity index (χ3n) is 2.89. The van der Waals surface area contributed by atoms with Crippen molar-refractivity contribution in [3.05, 3.63) is 56.1 Å². The molecule has 4 nitrogen and oxygen atoms in total.